The van der Waals surface area contributed by atoms with Crippen LogP contribution < -0.4 is 14.8 Å². The molecule has 1 aromatic carbocycles. The van der Waals surface area contributed by atoms with Gasteiger partial charge in [0.1, 0.15) is 0 Å². The van der Waals surface area contributed by atoms with Crippen LogP contribution in [-0.4, -0.2) is 42.4 Å². The van der Waals surface area contributed by atoms with Gasteiger partial charge in [0.05, 0.1) is 6.61 Å². The van der Waals surface area contributed by atoms with E-state index in [0.29, 0.717) is 44.0 Å². The van der Waals surface area contributed by atoms with Crippen molar-refractivity contribution < 1.29 is 23.8 Å². The fourth-order valence-corrected chi connectivity index (χ4v) is 4.25. The molecule has 28 heavy (non-hydrogen) atoms. The highest BCUT2D eigenvalue weighted by atomic mass is 16.7. The van der Waals surface area contributed by atoms with E-state index in [2.05, 4.69) is 5.32 Å². The summed E-state index contributed by atoms with van der Waals surface area (Å²) in [4.78, 5) is 26.1. The minimum Gasteiger partial charge on any atom is -0.450 e. The van der Waals surface area contributed by atoms with Crippen LogP contribution in [0.5, 0.6) is 11.5 Å². The Labute approximate surface area is 165 Å². The van der Waals surface area contributed by atoms with Crippen molar-refractivity contribution in [3.05, 3.63) is 18.2 Å². The molecule has 2 aliphatic heterocycles. The first-order valence-electron chi connectivity index (χ1n) is 10.3. The molecule has 0 aromatic heterocycles. The van der Waals surface area contributed by atoms with Gasteiger partial charge in [-0.2, -0.15) is 0 Å². The zero-order chi connectivity index (χ0) is 19.6. The number of benzene rings is 1. The Kier molecular flexibility index (Phi) is 5.33. The van der Waals surface area contributed by atoms with E-state index >= 15 is 0 Å². The van der Waals surface area contributed by atoms with Crippen LogP contribution in [0.2, 0.25) is 0 Å². The maximum atomic E-state index is 12.6. The highest BCUT2D eigenvalue weighted by Gasteiger charge is 2.42. The van der Waals surface area contributed by atoms with Crippen LogP contribution in [-0.2, 0) is 9.53 Å². The molecule has 1 saturated carbocycles. The first-order chi connectivity index (χ1) is 13.6. The smallest absolute Gasteiger partial charge is 0.409 e. The molecule has 7 heteroatoms. The number of nitrogens with zero attached hydrogens (tertiary/aromatic N) is 1. The number of amides is 2. The second-order valence-electron chi connectivity index (χ2n) is 7.79. The third-order valence-corrected chi connectivity index (χ3v) is 5.81. The molecular formula is C21H28N2O5. The molecule has 1 saturated heterocycles. The summed E-state index contributed by atoms with van der Waals surface area (Å²) in [5, 5.41) is 2.99. The van der Waals surface area contributed by atoms with E-state index in [0.717, 1.165) is 31.4 Å². The number of piperidine rings is 1. The molecule has 3 aliphatic rings. The van der Waals surface area contributed by atoms with E-state index < -0.39 is 5.79 Å². The lowest BCUT2D eigenvalue weighted by molar-refractivity contribution is -0.121. The first kappa shape index (κ1) is 18.9. The molecule has 0 radical (unpaired) electrons. The number of carbonyl (C=O) groups excluding carboxylic acids is 2. The number of likely N-dealkylation sites (tertiary alicyclic amines) is 1. The van der Waals surface area contributed by atoms with Crippen molar-refractivity contribution in [3.8, 4) is 11.5 Å². The van der Waals surface area contributed by atoms with Crippen LogP contribution in [0.15, 0.2) is 18.2 Å². The van der Waals surface area contributed by atoms with Gasteiger partial charge in [-0.15, -0.1) is 0 Å². The van der Waals surface area contributed by atoms with Crippen LogP contribution >= 0.6 is 0 Å². The summed E-state index contributed by atoms with van der Waals surface area (Å²) in [5.41, 5.74) is 0.716. The van der Waals surface area contributed by atoms with Crippen LogP contribution in [0.3, 0.4) is 0 Å². The normalized spacial score (nSPS) is 20.8. The van der Waals surface area contributed by atoms with Crippen molar-refractivity contribution in [1.82, 2.24) is 4.90 Å². The quantitative estimate of drug-likeness (QED) is 0.849. The maximum absolute atomic E-state index is 12.6. The Morgan fingerprint density at radius 1 is 1.14 bits per heavy atom. The molecule has 0 unspecified atom stereocenters. The van der Waals surface area contributed by atoms with Crippen molar-refractivity contribution >= 4 is 17.7 Å². The lowest BCUT2D eigenvalue weighted by atomic mass is 9.94. The fourth-order valence-electron chi connectivity index (χ4n) is 4.25. The van der Waals surface area contributed by atoms with Gasteiger partial charge in [0, 0.05) is 43.6 Å². The number of anilines is 1. The summed E-state index contributed by atoms with van der Waals surface area (Å²) in [7, 11) is 0. The number of nitrogens with one attached hydrogen (secondary N) is 1. The van der Waals surface area contributed by atoms with Crippen LogP contribution in [0.25, 0.3) is 0 Å². The predicted octanol–water partition coefficient (Wildman–Crippen LogP) is 3.93. The topological polar surface area (TPSA) is 77.1 Å². The molecule has 2 heterocycles. The number of hydrogen-bond donors (Lipinski definition) is 1. The molecule has 0 atom stereocenters. The average molecular weight is 388 g/mol. The summed E-state index contributed by atoms with van der Waals surface area (Å²) in [6, 6.07) is 5.58. The highest BCUT2D eigenvalue weighted by Crippen LogP contribution is 2.46. The second kappa shape index (κ2) is 7.89. The van der Waals surface area contributed by atoms with Gasteiger partial charge in [-0.05, 0) is 44.7 Å². The first-order valence-corrected chi connectivity index (χ1v) is 10.3. The second-order valence-corrected chi connectivity index (χ2v) is 7.79. The van der Waals surface area contributed by atoms with Gasteiger partial charge in [-0.1, -0.05) is 6.42 Å². The largest absolute Gasteiger partial charge is 0.450 e. The summed E-state index contributed by atoms with van der Waals surface area (Å²) in [6.07, 6.45) is 6.24. The van der Waals surface area contributed by atoms with Crippen LogP contribution in [0, 0.1) is 5.92 Å². The maximum Gasteiger partial charge on any atom is 0.409 e. The van der Waals surface area contributed by atoms with Gasteiger partial charge in [-0.25, -0.2) is 4.79 Å². The number of rotatable bonds is 3. The zero-order valence-corrected chi connectivity index (χ0v) is 16.4. The van der Waals surface area contributed by atoms with Crippen LogP contribution in [0.1, 0.15) is 51.9 Å². The molecule has 1 spiro atoms. The van der Waals surface area contributed by atoms with Gasteiger partial charge >= 0.3 is 6.09 Å². The number of ether oxygens (including phenoxy) is 3. The van der Waals surface area contributed by atoms with Gasteiger partial charge in [0.2, 0.25) is 5.91 Å². The SMILES string of the molecule is CCOC(=O)N1CCC(C(=O)Nc2ccc3c(c2)OC2(CCCCC2)O3)CC1. The summed E-state index contributed by atoms with van der Waals surface area (Å²) in [6.45, 7) is 3.24. The van der Waals surface area contributed by atoms with Gasteiger partial charge in [0.15, 0.2) is 11.5 Å². The molecular weight excluding hydrogens is 360 g/mol. The van der Waals surface area contributed by atoms with Crippen molar-refractivity contribution in [2.75, 3.05) is 25.0 Å². The number of fused-ring (bicyclic) bond motifs is 1. The number of hydrogen-bond acceptors (Lipinski definition) is 5. The molecule has 1 aliphatic carbocycles. The van der Waals surface area contributed by atoms with E-state index in [1.807, 2.05) is 18.2 Å². The third-order valence-electron chi connectivity index (χ3n) is 5.81. The lowest BCUT2D eigenvalue weighted by Gasteiger charge is -2.31. The third kappa shape index (κ3) is 3.88. The van der Waals surface area contributed by atoms with E-state index in [-0.39, 0.29) is 17.9 Å². The molecule has 4 rings (SSSR count). The molecule has 0 bridgehead atoms. The summed E-state index contributed by atoms with van der Waals surface area (Å²) in [5.74, 6) is 0.818. The van der Waals surface area contributed by atoms with Crippen molar-refractivity contribution in [3.63, 3.8) is 0 Å². The molecule has 152 valence electrons. The average Bonchev–Trinajstić information content (AvgIpc) is 3.05. The zero-order valence-electron chi connectivity index (χ0n) is 16.4. The Balaban J connectivity index is 1.33. The van der Waals surface area contributed by atoms with Crippen molar-refractivity contribution in [1.29, 1.82) is 0 Å². The standard InChI is InChI=1S/C21H28N2O5/c1-2-26-20(25)23-12-8-15(9-13-23)19(24)22-16-6-7-17-18(14-16)28-21(27-17)10-4-3-5-11-21/h6-7,14-15H,2-5,8-13H2,1H3,(H,22,24). The van der Waals surface area contributed by atoms with Crippen molar-refractivity contribution in [2.45, 2.75) is 57.7 Å². The van der Waals surface area contributed by atoms with Crippen LogP contribution in [0.4, 0.5) is 10.5 Å². The molecule has 1 N–H and O–H groups in total. The Bertz CT molecular complexity index is 736. The predicted molar refractivity (Wildman–Crippen MR) is 103 cm³/mol. The highest BCUT2D eigenvalue weighted by molar-refractivity contribution is 5.93. The molecule has 2 amide bonds. The number of carbonyl (C=O) groups is 2. The fraction of sp³-hybridized carbons (Fsp3) is 0.619. The van der Waals surface area contributed by atoms with Crippen molar-refractivity contribution in [2.24, 2.45) is 5.92 Å². The molecule has 1 aromatic rings. The van der Waals surface area contributed by atoms with E-state index in [1.54, 1.807) is 11.8 Å². The Morgan fingerprint density at radius 3 is 2.57 bits per heavy atom. The molecule has 7 nitrogen and oxygen atoms in total. The minimum absolute atomic E-state index is 0.0187. The van der Waals surface area contributed by atoms with Gasteiger partial charge < -0.3 is 24.4 Å². The Morgan fingerprint density at radius 2 is 1.86 bits per heavy atom. The van der Waals surface area contributed by atoms with E-state index in [1.165, 1.54) is 6.42 Å². The van der Waals surface area contributed by atoms with E-state index in [9.17, 15) is 9.59 Å². The van der Waals surface area contributed by atoms with Gasteiger partial charge in [0.25, 0.3) is 5.79 Å². The minimum atomic E-state index is -0.511. The molecule has 2 fully saturated rings. The van der Waals surface area contributed by atoms with E-state index in [4.69, 9.17) is 14.2 Å². The monoisotopic (exact) mass is 388 g/mol. The summed E-state index contributed by atoms with van der Waals surface area (Å²) < 4.78 is 17.2. The Hall–Kier alpha value is -2.44. The lowest BCUT2D eigenvalue weighted by Crippen LogP contribution is -2.41. The van der Waals surface area contributed by atoms with Gasteiger partial charge in [-0.3, -0.25) is 4.79 Å². The summed E-state index contributed by atoms with van der Waals surface area (Å²) >= 11 is 0.